The van der Waals surface area contributed by atoms with Gasteiger partial charge in [0.2, 0.25) is 0 Å². The summed E-state index contributed by atoms with van der Waals surface area (Å²) in [6.45, 7) is 1.81. The predicted octanol–water partition coefficient (Wildman–Crippen LogP) is 3.77. The lowest BCUT2D eigenvalue weighted by molar-refractivity contribution is -0.293. The van der Waals surface area contributed by atoms with Crippen LogP contribution in [0.15, 0.2) is 12.1 Å². The van der Waals surface area contributed by atoms with Crippen molar-refractivity contribution in [3.05, 3.63) is 21.9 Å². The highest BCUT2D eigenvalue weighted by atomic mass is 32.1. The summed E-state index contributed by atoms with van der Waals surface area (Å²) in [4.78, 5) is 0.768. The molecule has 1 N–H and O–H groups in total. The Kier molecular flexibility index (Phi) is 4.14. The van der Waals surface area contributed by atoms with E-state index in [0.29, 0.717) is 6.42 Å². The number of alkyl halides is 5. The lowest BCUT2D eigenvalue weighted by Crippen LogP contribution is -2.46. The molecular formula is C10H12F5NS. The van der Waals surface area contributed by atoms with Crippen molar-refractivity contribution in [2.45, 2.75) is 31.5 Å². The lowest BCUT2D eigenvalue weighted by atomic mass is 10.1. The second-order valence-electron chi connectivity index (χ2n) is 3.50. The Balaban J connectivity index is 3.07. The molecule has 17 heavy (non-hydrogen) atoms. The minimum Gasteiger partial charge on any atom is -0.307 e. The van der Waals surface area contributed by atoms with Crippen LogP contribution in [0.2, 0.25) is 0 Å². The summed E-state index contributed by atoms with van der Waals surface area (Å²) in [6, 6.07) is 0.842. The van der Waals surface area contributed by atoms with Gasteiger partial charge in [-0.15, -0.1) is 11.3 Å². The monoisotopic (exact) mass is 273 g/mol. The zero-order valence-corrected chi connectivity index (χ0v) is 10.1. The third-order valence-corrected chi connectivity index (χ3v) is 3.64. The lowest BCUT2D eigenvalue weighted by Gasteiger charge is -2.27. The van der Waals surface area contributed by atoms with Gasteiger partial charge in [0.1, 0.15) is 6.04 Å². The SMILES string of the molecule is CCc1ccc(C(NC)C(F)(F)C(F)(F)F)s1. The molecule has 0 radical (unpaired) electrons. The fourth-order valence-corrected chi connectivity index (χ4v) is 2.51. The van der Waals surface area contributed by atoms with Crippen molar-refractivity contribution in [2.75, 3.05) is 7.05 Å². The van der Waals surface area contributed by atoms with Gasteiger partial charge < -0.3 is 5.32 Å². The van der Waals surface area contributed by atoms with Gasteiger partial charge in [-0.05, 0) is 25.6 Å². The topological polar surface area (TPSA) is 12.0 Å². The Hall–Kier alpha value is -0.690. The molecule has 1 heterocycles. The maximum absolute atomic E-state index is 13.2. The van der Waals surface area contributed by atoms with Crippen molar-refractivity contribution in [3.8, 4) is 0 Å². The van der Waals surface area contributed by atoms with E-state index in [4.69, 9.17) is 0 Å². The van der Waals surface area contributed by atoms with E-state index in [-0.39, 0.29) is 4.88 Å². The number of thiophene rings is 1. The highest BCUT2D eigenvalue weighted by molar-refractivity contribution is 7.12. The fourth-order valence-electron chi connectivity index (χ4n) is 1.41. The van der Waals surface area contributed by atoms with E-state index in [0.717, 1.165) is 23.3 Å². The van der Waals surface area contributed by atoms with Crippen molar-refractivity contribution >= 4 is 11.3 Å². The molecule has 0 aliphatic carbocycles. The van der Waals surface area contributed by atoms with Crippen LogP contribution in [-0.2, 0) is 6.42 Å². The van der Waals surface area contributed by atoms with E-state index in [1.807, 2.05) is 12.2 Å². The van der Waals surface area contributed by atoms with E-state index in [1.54, 1.807) is 6.07 Å². The van der Waals surface area contributed by atoms with Gasteiger partial charge in [-0.3, -0.25) is 0 Å². The average Bonchev–Trinajstić information content (AvgIpc) is 2.65. The Bertz CT molecular complexity index is 371. The van der Waals surface area contributed by atoms with Crippen LogP contribution in [0, 0.1) is 0 Å². The maximum Gasteiger partial charge on any atom is 0.455 e. The van der Waals surface area contributed by atoms with Gasteiger partial charge in [-0.1, -0.05) is 6.92 Å². The van der Waals surface area contributed by atoms with Crippen LogP contribution in [0.4, 0.5) is 22.0 Å². The van der Waals surface area contributed by atoms with Gasteiger partial charge in [0.15, 0.2) is 0 Å². The summed E-state index contributed by atoms with van der Waals surface area (Å²) in [7, 11) is 1.09. The second-order valence-corrected chi connectivity index (χ2v) is 4.70. The van der Waals surface area contributed by atoms with Crippen molar-refractivity contribution in [2.24, 2.45) is 0 Å². The minimum atomic E-state index is -5.56. The molecular weight excluding hydrogens is 261 g/mol. The first-order valence-electron chi connectivity index (χ1n) is 4.94. The smallest absolute Gasteiger partial charge is 0.307 e. The molecule has 0 saturated heterocycles. The number of rotatable bonds is 4. The molecule has 0 aliphatic rings. The van der Waals surface area contributed by atoms with Gasteiger partial charge in [-0.25, -0.2) is 0 Å². The van der Waals surface area contributed by atoms with E-state index >= 15 is 0 Å². The summed E-state index contributed by atoms with van der Waals surface area (Å²) in [5, 5.41) is 2.04. The number of nitrogens with one attached hydrogen (secondary N) is 1. The number of hydrogen-bond acceptors (Lipinski definition) is 2. The van der Waals surface area contributed by atoms with Gasteiger partial charge in [-0.2, -0.15) is 22.0 Å². The third-order valence-electron chi connectivity index (χ3n) is 2.34. The Morgan fingerprint density at radius 3 is 2.18 bits per heavy atom. The zero-order valence-electron chi connectivity index (χ0n) is 9.24. The van der Waals surface area contributed by atoms with Gasteiger partial charge in [0, 0.05) is 9.75 Å². The molecule has 0 bridgehead atoms. The second kappa shape index (κ2) is 4.89. The van der Waals surface area contributed by atoms with E-state index in [9.17, 15) is 22.0 Å². The first-order valence-corrected chi connectivity index (χ1v) is 5.76. The van der Waals surface area contributed by atoms with E-state index < -0.39 is 18.1 Å². The first-order chi connectivity index (χ1) is 7.74. The van der Waals surface area contributed by atoms with Crippen molar-refractivity contribution < 1.29 is 22.0 Å². The normalized spacial score (nSPS) is 15.0. The number of aryl methyl sites for hydroxylation is 1. The molecule has 0 spiro atoms. The van der Waals surface area contributed by atoms with Crippen LogP contribution in [-0.4, -0.2) is 19.1 Å². The van der Waals surface area contributed by atoms with Crippen LogP contribution in [0.1, 0.15) is 22.7 Å². The van der Waals surface area contributed by atoms with E-state index in [1.165, 1.54) is 6.07 Å². The largest absolute Gasteiger partial charge is 0.455 e. The fraction of sp³-hybridized carbons (Fsp3) is 0.600. The molecule has 0 saturated carbocycles. The average molecular weight is 273 g/mol. The van der Waals surface area contributed by atoms with E-state index in [2.05, 4.69) is 0 Å². The zero-order chi connectivity index (χ0) is 13.3. The van der Waals surface area contributed by atoms with Crippen LogP contribution >= 0.6 is 11.3 Å². The first kappa shape index (κ1) is 14.4. The molecule has 0 amide bonds. The number of halogens is 5. The van der Waals surface area contributed by atoms with Gasteiger partial charge in [0.25, 0.3) is 0 Å². The molecule has 0 aliphatic heterocycles. The van der Waals surface area contributed by atoms with Crippen LogP contribution < -0.4 is 5.32 Å². The molecule has 1 nitrogen and oxygen atoms in total. The molecule has 1 aromatic heterocycles. The summed E-state index contributed by atoms with van der Waals surface area (Å²) < 4.78 is 63.2. The molecule has 0 fully saturated rings. The Morgan fingerprint density at radius 2 is 1.82 bits per heavy atom. The van der Waals surface area contributed by atoms with Gasteiger partial charge in [0.05, 0.1) is 0 Å². The molecule has 98 valence electrons. The summed E-state index contributed by atoms with van der Waals surface area (Å²) in [5.74, 6) is -4.78. The summed E-state index contributed by atoms with van der Waals surface area (Å²) in [6.07, 6.45) is -4.95. The minimum absolute atomic E-state index is 0.00771. The van der Waals surface area contributed by atoms with Crippen molar-refractivity contribution in [1.29, 1.82) is 0 Å². The third kappa shape index (κ3) is 2.77. The van der Waals surface area contributed by atoms with Crippen LogP contribution in [0.25, 0.3) is 0 Å². The Morgan fingerprint density at radius 1 is 1.24 bits per heavy atom. The molecule has 7 heteroatoms. The highest BCUT2D eigenvalue weighted by Crippen LogP contribution is 2.45. The van der Waals surface area contributed by atoms with Crippen LogP contribution in [0.3, 0.4) is 0 Å². The standard InChI is InChI=1S/C10H12F5NS/c1-3-6-4-5-7(17-6)8(16-2)9(11,12)10(13,14)15/h4-5,8,16H,3H2,1-2H3. The van der Waals surface area contributed by atoms with Crippen molar-refractivity contribution in [3.63, 3.8) is 0 Å². The summed E-state index contributed by atoms with van der Waals surface area (Å²) in [5.41, 5.74) is 0. The predicted molar refractivity (Wildman–Crippen MR) is 56.5 cm³/mol. The molecule has 1 unspecified atom stereocenters. The highest BCUT2D eigenvalue weighted by Gasteiger charge is 2.62. The molecule has 0 aromatic carbocycles. The maximum atomic E-state index is 13.2. The summed E-state index contributed by atoms with van der Waals surface area (Å²) >= 11 is 0.966. The van der Waals surface area contributed by atoms with Crippen molar-refractivity contribution in [1.82, 2.24) is 5.32 Å². The van der Waals surface area contributed by atoms with Crippen LogP contribution in [0.5, 0.6) is 0 Å². The molecule has 1 aromatic rings. The molecule has 1 rings (SSSR count). The van der Waals surface area contributed by atoms with Gasteiger partial charge >= 0.3 is 12.1 Å². The number of hydrogen-bond donors (Lipinski definition) is 1. The Labute approximate surface area is 99.6 Å². The molecule has 1 atom stereocenters. The quantitative estimate of drug-likeness (QED) is 0.823.